The van der Waals surface area contributed by atoms with Gasteiger partial charge >= 0.3 is 12.2 Å². The number of amides is 2. The van der Waals surface area contributed by atoms with Gasteiger partial charge < -0.3 is 33.5 Å². The minimum Gasteiger partial charge on any atom is -0.443 e. The van der Waals surface area contributed by atoms with E-state index in [0.29, 0.717) is 26.1 Å². The molecule has 4 fully saturated rings. The van der Waals surface area contributed by atoms with Gasteiger partial charge in [-0.3, -0.25) is 0 Å². The minimum absolute atomic E-state index is 0.00713. The van der Waals surface area contributed by atoms with E-state index in [2.05, 4.69) is 26.8 Å². The topological polar surface area (TPSA) is 93.4 Å². The highest BCUT2D eigenvalue weighted by Gasteiger charge is 2.72. The molecule has 0 N–H and O–H groups in total. The van der Waals surface area contributed by atoms with Gasteiger partial charge in [-0.2, -0.15) is 0 Å². The number of carbonyl (C=O) groups excluding carboxylic acids is 2. The Kier molecular flexibility index (Phi) is 6.19. The molecular formula is C23H36N2O7. The van der Waals surface area contributed by atoms with E-state index in [0.717, 1.165) is 12.8 Å². The molecular weight excluding hydrogens is 416 g/mol. The molecule has 0 aromatic rings. The van der Waals surface area contributed by atoms with Crippen molar-refractivity contribution in [2.24, 2.45) is 5.92 Å². The van der Waals surface area contributed by atoms with E-state index in [4.69, 9.17) is 23.7 Å². The van der Waals surface area contributed by atoms with Gasteiger partial charge in [0.2, 0.25) is 0 Å². The van der Waals surface area contributed by atoms with Crippen molar-refractivity contribution in [3.8, 4) is 0 Å². The van der Waals surface area contributed by atoms with Crippen LogP contribution in [0.5, 0.6) is 0 Å². The third kappa shape index (κ3) is 4.34. The lowest BCUT2D eigenvalue weighted by Crippen LogP contribution is -2.59. The number of epoxide rings is 2. The average molecular weight is 453 g/mol. The van der Waals surface area contributed by atoms with Gasteiger partial charge in [0.1, 0.15) is 29.5 Å². The van der Waals surface area contributed by atoms with E-state index in [-0.39, 0.29) is 41.5 Å². The zero-order chi connectivity index (χ0) is 23.3. The summed E-state index contributed by atoms with van der Waals surface area (Å²) in [5.41, 5.74) is 0.652. The standard InChI is InChI=1S/C23H36N2O7/c1-14(2)7-8-17-22(3,32-17)19-18(28-6)16(9-10-23(19)13-29-23)31-21(27)25-11-15(12-25)30-20(26)24(4)5/h7,15-19H,8-13H2,1-6H3/t16-,17-,18-,19?,22+,23+/m1/s1. The number of allylic oxidation sites excluding steroid dienone is 1. The molecule has 4 aliphatic rings. The lowest BCUT2D eigenvalue weighted by molar-refractivity contribution is -0.126. The van der Waals surface area contributed by atoms with Gasteiger partial charge in [-0.15, -0.1) is 0 Å². The van der Waals surface area contributed by atoms with Crippen LogP contribution in [0.25, 0.3) is 0 Å². The molecule has 4 rings (SSSR count). The fourth-order valence-electron chi connectivity index (χ4n) is 5.18. The largest absolute Gasteiger partial charge is 0.443 e. The lowest BCUT2D eigenvalue weighted by atomic mass is 9.68. The molecule has 32 heavy (non-hydrogen) atoms. The van der Waals surface area contributed by atoms with E-state index in [1.54, 1.807) is 26.1 Å². The van der Waals surface area contributed by atoms with Crippen molar-refractivity contribution in [2.45, 2.75) is 75.7 Å². The van der Waals surface area contributed by atoms with Crippen LogP contribution in [0.3, 0.4) is 0 Å². The first kappa shape index (κ1) is 23.3. The molecule has 1 aliphatic carbocycles. The first-order valence-electron chi connectivity index (χ1n) is 11.4. The molecule has 9 heteroatoms. The molecule has 3 saturated heterocycles. The van der Waals surface area contributed by atoms with Gasteiger partial charge in [0.25, 0.3) is 0 Å². The van der Waals surface area contributed by atoms with Crippen LogP contribution in [0.1, 0.15) is 40.0 Å². The highest BCUT2D eigenvalue weighted by atomic mass is 16.6. The number of rotatable bonds is 6. The maximum Gasteiger partial charge on any atom is 0.410 e. The van der Waals surface area contributed by atoms with Crippen LogP contribution >= 0.6 is 0 Å². The molecule has 3 heterocycles. The van der Waals surface area contributed by atoms with Crippen LogP contribution < -0.4 is 0 Å². The second-order valence-electron chi connectivity index (χ2n) is 10.1. The van der Waals surface area contributed by atoms with Crippen LogP contribution in [0.15, 0.2) is 11.6 Å². The molecule has 0 aromatic heterocycles. The molecule has 3 aliphatic heterocycles. The second-order valence-corrected chi connectivity index (χ2v) is 10.1. The van der Waals surface area contributed by atoms with Crippen LogP contribution in [-0.4, -0.2) is 98.5 Å². The summed E-state index contributed by atoms with van der Waals surface area (Å²) in [5.74, 6) is -0.00713. The molecule has 1 unspecified atom stereocenters. The van der Waals surface area contributed by atoms with Crippen LogP contribution in [0.2, 0.25) is 0 Å². The average Bonchev–Trinajstić information content (AvgIpc) is 3.61. The molecule has 0 bridgehead atoms. The number of nitrogens with zero attached hydrogens (tertiary/aromatic N) is 2. The summed E-state index contributed by atoms with van der Waals surface area (Å²) in [6.07, 6.45) is 2.87. The van der Waals surface area contributed by atoms with Crippen LogP contribution in [-0.2, 0) is 23.7 Å². The quantitative estimate of drug-likeness (QED) is 0.452. The Morgan fingerprint density at radius 1 is 1.22 bits per heavy atom. The van der Waals surface area contributed by atoms with E-state index in [9.17, 15) is 9.59 Å². The SMILES string of the molecule is CO[C@H]1C([C@@]2(C)O[C@@H]2CC=C(C)C)[C@]2(CC[C@H]1OC(=O)N1CC(OC(=O)N(C)C)C1)CO2. The van der Waals surface area contributed by atoms with Crippen molar-refractivity contribution < 1.29 is 33.3 Å². The van der Waals surface area contributed by atoms with Crippen molar-refractivity contribution in [3.05, 3.63) is 11.6 Å². The van der Waals surface area contributed by atoms with Crippen molar-refractivity contribution in [3.63, 3.8) is 0 Å². The molecule has 6 atom stereocenters. The Balaban J connectivity index is 1.37. The lowest BCUT2D eigenvalue weighted by Gasteiger charge is -2.44. The Morgan fingerprint density at radius 3 is 2.47 bits per heavy atom. The molecule has 0 aromatic carbocycles. The minimum atomic E-state index is -0.410. The number of methoxy groups -OCH3 is 1. The number of carbonyl (C=O) groups is 2. The van der Waals surface area contributed by atoms with Crippen molar-refractivity contribution in [1.29, 1.82) is 0 Å². The van der Waals surface area contributed by atoms with Gasteiger partial charge in [-0.1, -0.05) is 11.6 Å². The summed E-state index contributed by atoms with van der Waals surface area (Å²) < 4.78 is 29.3. The van der Waals surface area contributed by atoms with E-state index < -0.39 is 12.2 Å². The van der Waals surface area contributed by atoms with Crippen molar-refractivity contribution in [2.75, 3.05) is 40.9 Å². The van der Waals surface area contributed by atoms with E-state index in [1.165, 1.54) is 10.5 Å². The maximum absolute atomic E-state index is 12.7. The van der Waals surface area contributed by atoms with Crippen LogP contribution in [0.4, 0.5) is 9.59 Å². The molecule has 2 amide bonds. The smallest absolute Gasteiger partial charge is 0.410 e. The van der Waals surface area contributed by atoms with Gasteiger partial charge in [-0.25, -0.2) is 9.59 Å². The highest BCUT2D eigenvalue weighted by Crippen LogP contribution is 2.59. The summed E-state index contributed by atoms with van der Waals surface area (Å²) in [5, 5.41) is 0. The number of hydrogen-bond donors (Lipinski definition) is 0. The monoisotopic (exact) mass is 452 g/mol. The van der Waals surface area contributed by atoms with Crippen molar-refractivity contribution in [1.82, 2.24) is 9.80 Å². The summed E-state index contributed by atoms with van der Waals surface area (Å²) >= 11 is 0. The molecule has 1 spiro atoms. The molecule has 9 nitrogen and oxygen atoms in total. The second kappa shape index (κ2) is 8.50. The first-order valence-corrected chi connectivity index (χ1v) is 11.4. The normalized spacial score (nSPS) is 38.0. The van der Waals surface area contributed by atoms with Crippen LogP contribution in [0, 0.1) is 5.92 Å². The number of ether oxygens (including phenoxy) is 5. The maximum atomic E-state index is 12.7. The first-order chi connectivity index (χ1) is 15.1. The Bertz CT molecular complexity index is 770. The molecule has 1 saturated carbocycles. The highest BCUT2D eigenvalue weighted by molar-refractivity contribution is 5.70. The summed E-state index contributed by atoms with van der Waals surface area (Å²) in [4.78, 5) is 27.3. The Morgan fingerprint density at radius 2 is 1.91 bits per heavy atom. The fraction of sp³-hybridized carbons (Fsp3) is 0.826. The third-order valence-electron chi connectivity index (χ3n) is 7.23. The predicted octanol–water partition coefficient (Wildman–Crippen LogP) is 2.58. The molecule has 180 valence electrons. The van der Waals surface area contributed by atoms with Gasteiger partial charge in [-0.05, 0) is 40.0 Å². The van der Waals surface area contributed by atoms with E-state index in [1.807, 2.05) is 0 Å². The van der Waals surface area contributed by atoms with Gasteiger partial charge in [0.05, 0.1) is 31.7 Å². The Labute approximate surface area is 189 Å². The zero-order valence-electron chi connectivity index (χ0n) is 20.0. The van der Waals surface area contributed by atoms with Gasteiger partial charge in [0.15, 0.2) is 0 Å². The fourth-order valence-corrected chi connectivity index (χ4v) is 5.18. The Hall–Kier alpha value is -1.84. The zero-order valence-corrected chi connectivity index (χ0v) is 20.0. The summed E-state index contributed by atoms with van der Waals surface area (Å²) in [6, 6.07) is 0. The summed E-state index contributed by atoms with van der Waals surface area (Å²) in [7, 11) is 4.92. The van der Waals surface area contributed by atoms with Gasteiger partial charge in [0, 0.05) is 21.2 Å². The third-order valence-corrected chi connectivity index (χ3v) is 7.23. The number of hydrogen-bond acceptors (Lipinski definition) is 7. The summed E-state index contributed by atoms with van der Waals surface area (Å²) in [6.45, 7) is 7.66. The van der Waals surface area contributed by atoms with E-state index >= 15 is 0 Å². The molecule has 0 radical (unpaired) electrons. The van der Waals surface area contributed by atoms with Crippen molar-refractivity contribution >= 4 is 12.2 Å². The number of likely N-dealkylation sites (tertiary alicyclic amines) is 1. The predicted molar refractivity (Wildman–Crippen MR) is 115 cm³/mol.